The molecular formula is C23H33N5O2. The van der Waals surface area contributed by atoms with Crippen molar-refractivity contribution in [3.05, 3.63) is 42.2 Å². The third kappa shape index (κ3) is 4.14. The number of ether oxygens (including phenoxy) is 1. The van der Waals surface area contributed by atoms with Crippen LogP contribution in [-0.4, -0.2) is 51.1 Å². The number of nitrogens with one attached hydrogen (secondary N) is 1. The standard InChI is InChI=1S/C23H33N5O2/c1-4-18(5-2)15-27-12-8-23(9-13-27)22-25-11-14-28(22)16-20(30-23)21(29)26-19-7-6-10-24-17(19)3/h6-7,10-11,14,18,20H,4-5,8-9,12-13,15-16H2,1-3H3,(H,26,29)/t20-/m1/s1. The van der Waals surface area contributed by atoms with Crippen LogP contribution in [0.4, 0.5) is 5.69 Å². The van der Waals surface area contributed by atoms with E-state index in [1.165, 1.54) is 12.8 Å². The SMILES string of the molecule is CCC(CC)CN1CCC2(CC1)O[C@@H](C(=O)Nc1cccnc1C)Cn1ccnc12. The number of likely N-dealkylation sites (tertiary alicyclic amines) is 1. The second kappa shape index (κ2) is 8.86. The summed E-state index contributed by atoms with van der Waals surface area (Å²) in [6.07, 6.45) is 9.12. The summed E-state index contributed by atoms with van der Waals surface area (Å²) in [5, 5.41) is 3.00. The summed E-state index contributed by atoms with van der Waals surface area (Å²) in [6, 6.07) is 3.70. The number of aromatic nitrogens is 3. The molecular weight excluding hydrogens is 378 g/mol. The molecule has 1 fully saturated rings. The van der Waals surface area contributed by atoms with E-state index in [0.717, 1.165) is 55.6 Å². The molecule has 0 aliphatic carbocycles. The van der Waals surface area contributed by atoms with E-state index in [0.29, 0.717) is 6.54 Å². The summed E-state index contributed by atoms with van der Waals surface area (Å²) < 4.78 is 8.63. The topological polar surface area (TPSA) is 72.3 Å². The van der Waals surface area contributed by atoms with Gasteiger partial charge in [0.2, 0.25) is 0 Å². The lowest BCUT2D eigenvalue weighted by atomic mass is 9.87. The lowest BCUT2D eigenvalue weighted by Gasteiger charge is -2.46. The molecule has 0 unspecified atom stereocenters. The van der Waals surface area contributed by atoms with Gasteiger partial charge in [-0.25, -0.2) is 4.98 Å². The summed E-state index contributed by atoms with van der Waals surface area (Å²) >= 11 is 0. The first-order valence-electron chi connectivity index (χ1n) is 11.2. The van der Waals surface area contributed by atoms with Gasteiger partial charge in [-0.2, -0.15) is 0 Å². The van der Waals surface area contributed by atoms with Crippen LogP contribution in [0.2, 0.25) is 0 Å². The molecule has 0 saturated carbocycles. The first-order chi connectivity index (χ1) is 14.5. The normalized spacial score (nSPS) is 21.0. The molecule has 1 N–H and O–H groups in total. The Morgan fingerprint density at radius 3 is 2.73 bits per heavy atom. The van der Waals surface area contributed by atoms with Crippen LogP contribution in [0.15, 0.2) is 30.7 Å². The highest BCUT2D eigenvalue weighted by atomic mass is 16.5. The molecule has 30 heavy (non-hydrogen) atoms. The number of aryl methyl sites for hydroxylation is 1. The minimum Gasteiger partial charge on any atom is -0.352 e. The average molecular weight is 412 g/mol. The van der Waals surface area contributed by atoms with Gasteiger partial charge in [0, 0.05) is 38.2 Å². The lowest BCUT2D eigenvalue weighted by molar-refractivity contribution is -0.170. The number of anilines is 1. The third-order valence-corrected chi connectivity index (χ3v) is 6.75. The molecule has 4 rings (SSSR count). The van der Waals surface area contributed by atoms with E-state index in [1.807, 2.05) is 31.5 Å². The van der Waals surface area contributed by atoms with Crippen LogP contribution in [0, 0.1) is 12.8 Å². The van der Waals surface area contributed by atoms with E-state index in [1.54, 1.807) is 6.20 Å². The van der Waals surface area contributed by atoms with Crippen LogP contribution in [0.3, 0.4) is 0 Å². The van der Waals surface area contributed by atoms with Crippen molar-refractivity contribution in [1.29, 1.82) is 0 Å². The molecule has 0 radical (unpaired) electrons. The maximum Gasteiger partial charge on any atom is 0.255 e. The highest BCUT2D eigenvalue weighted by molar-refractivity contribution is 5.94. The van der Waals surface area contributed by atoms with Gasteiger partial charge in [0.25, 0.3) is 5.91 Å². The maximum atomic E-state index is 13.1. The predicted molar refractivity (Wildman–Crippen MR) is 116 cm³/mol. The summed E-state index contributed by atoms with van der Waals surface area (Å²) in [4.78, 5) is 24.5. The predicted octanol–water partition coefficient (Wildman–Crippen LogP) is 3.35. The smallest absolute Gasteiger partial charge is 0.255 e. The van der Waals surface area contributed by atoms with Crippen LogP contribution >= 0.6 is 0 Å². The van der Waals surface area contributed by atoms with Gasteiger partial charge in [0.15, 0.2) is 6.10 Å². The third-order valence-electron chi connectivity index (χ3n) is 6.75. The van der Waals surface area contributed by atoms with Crippen LogP contribution in [0.1, 0.15) is 51.0 Å². The molecule has 1 spiro atoms. The molecule has 1 atom stereocenters. The molecule has 1 amide bonds. The number of rotatable bonds is 6. The number of fused-ring (bicyclic) bond motifs is 2. The number of amides is 1. The Balaban J connectivity index is 1.48. The van der Waals surface area contributed by atoms with E-state index in [4.69, 9.17) is 4.74 Å². The fourth-order valence-electron chi connectivity index (χ4n) is 4.71. The molecule has 1 saturated heterocycles. The van der Waals surface area contributed by atoms with E-state index in [-0.39, 0.29) is 5.91 Å². The highest BCUT2D eigenvalue weighted by Crippen LogP contribution is 2.40. The Hall–Kier alpha value is -2.25. The molecule has 2 aromatic rings. The van der Waals surface area contributed by atoms with Crippen LogP contribution in [0.5, 0.6) is 0 Å². The van der Waals surface area contributed by atoms with Crippen molar-refractivity contribution in [3.63, 3.8) is 0 Å². The number of nitrogens with zero attached hydrogens (tertiary/aromatic N) is 4. The van der Waals surface area contributed by atoms with Gasteiger partial charge < -0.3 is 19.5 Å². The average Bonchev–Trinajstić information content (AvgIpc) is 3.25. The van der Waals surface area contributed by atoms with Gasteiger partial charge in [-0.15, -0.1) is 0 Å². The van der Waals surface area contributed by atoms with Gasteiger partial charge in [-0.3, -0.25) is 9.78 Å². The molecule has 7 heteroatoms. The van der Waals surface area contributed by atoms with E-state index < -0.39 is 11.7 Å². The molecule has 0 aromatic carbocycles. The Kier molecular flexibility index (Phi) is 6.20. The summed E-state index contributed by atoms with van der Waals surface area (Å²) in [7, 11) is 0. The van der Waals surface area contributed by atoms with Gasteiger partial charge in [-0.1, -0.05) is 26.7 Å². The van der Waals surface area contributed by atoms with Crippen molar-refractivity contribution < 1.29 is 9.53 Å². The quantitative estimate of drug-likeness (QED) is 0.789. The van der Waals surface area contributed by atoms with Crippen molar-refractivity contribution in [2.24, 2.45) is 5.92 Å². The maximum absolute atomic E-state index is 13.1. The number of hydrogen-bond donors (Lipinski definition) is 1. The van der Waals surface area contributed by atoms with Gasteiger partial charge >= 0.3 is 0 Å². The Morgan fingerprint density at radius 2 is 2.03 bits per heavy atom. The zero-order chi connectivity index (χ0) is 21.1. The Labute approximate surface area is 178 Å². The fourth-order valence-corrected chi connectivity index (χ4v) is 4.71. The van der Waals surface area contributed by atoms with Crippen LogP contribution in [-0.2, 0) is 21.7 Å². The van der Waals surface area contributed by atoms with Gasteiger partial charge in [-0.05, 0) is 37.8 Å². The number of imidazole rings is 1. The van der Waals surface area contributed by atoms with Crippen molar-refractivity contribution in [2.75, 3.05) is 25.0 Å². The molecule has 2 aliphatic rings. The fraction of sp³-hybridized carbons (Fsp3) is 0.609. The van der Waals surface area contributed by atoms with Crippen molar-refractivity contribution in [3.8, 4) is 0 Å². The molecule has 7 nitrogen and oxygen atoms in total. The largest absolute Gasteiger partial charge is 0.352 e. The molecule has 2 aromatic heterocycles. The first kappa shape index (κ1) is 21.0. The minimum atomic E-state index is -0.545. The number of piperidine rings is 1. The molecule has 2 aliphatic heterocycles. The van der Waals surface area contributed by atoms with Crippen LogP contribution < -0.4 is 5.32 Å². The van der Waals surface area contributed by atoms with E-state index in [9.17, 15) is 4.79 Å². The van der Waals surface area contributed by atoms with Crippen molar-refractivity contribution in [2.45, 2.75) is 64.7 Å². The number of carbonyl (C=O) groups is 1. The van der Waals surface area contributed by atoms with E-state index >= 15 is 0 Å². The van der Waals surface area contributed by atoms with Crippen molar-refractivity contribution in [1.82, 2.24) is 19.4 Å². The second-order valence-electron chi connectivity index (χ2n) is 8.61. The molecule has 162 valence electrons. The van der Waals surface area contributed by atoms with E-state index in [2.05, 4.69) is 38.6 Å². The zero-order valence-corrected chi connectivity index (χ0v) is 18.3. The first-order valence-corrected chi connectivity index (χ1v) is 11.2. The van der Waals surface area contributed by atoms with Gasteiger partial charge in [0.1, 0.15) is 11.4 Å². The number of pyridine rings is 1. The van der Waals surface area contributed by atoms with Crippen LogP contribution in [0.25, 0.3) is 0 Å². The highest BCUT2D eigenvalue weighted by Gasteiger charge is 2.47. The Bertz CT molecular complexity index is 868. The number of hydrogen-bond acceptors (Lipinski definition) is 5. The number of carbonyl (C=O) groups excluding carboxylic acids is 1. The van der Waals surface area contributed by atoms with Gasteiger partial charge in [0.05, 0.1) is 17.9 Å². The summed E-state index contributed by atoms with van der Waals surface area (Å²) in [6.45, 7) is 10.0. The summed E-state index contributed by atoms with van der Waals surface area (Å²) in [5.74, 6) is 1.59. The Morgan fingerprint density at radius 1 is 1.27 bits per heavy atom. The lowest BCUT2D eigenvalue weighted by Crippen LogP contribution is -2.53. The molecule has 0 bridgehead atoms. The monoisotopic (exact) mass is 411 g/mol. The summed E-state index contributed by atoms with van der Waals surface area (Å²) in [5.41, 5.74) is 1.05. The minimum absolute atomic E-state index is 0.121. The van der Waals surface area contributed by atoms with Crippen molar-refractivity contribution >= 4 is 11.6 Å². The second-order valence-corrected chi connectivity index (χ2v) is 8.61. The molecule has 4 heterocycles. The zero-order valence-electron chi connectivity index (χ0n) is 18.3.